The summed E-state index contributed by atoms with van der Waals surface area (Å²) in [6.07, 6.45) is 11.5. The van der Waals surface area contributed by atoms with Gasteiger partial charge in [-0.3, -0.25) is 4.79 Å². The number of rotatable bonds is 16. The van der Waals surface area contributed by atoms with Crippen LogP contribution in [-0.2, 0) is 9.59 Å². The summed E-state index contributed by atoms with van der Waals surface area (Å²) in [4.78, 5) is 21.2. The molecule has 0 rings (SSSR count). The Morgan fingerprint density at radius 3 is 1.42 bits per heavy atom. The molecule has 0 aliphatic rings. The Hall–Kier alpha value is -0.360. The summed E-state index contributed by atoms with van der Waals surface area (Å²) in [7, 11) is 0. The first kappa shape index (κ1) is 27.9. The van der Waals surface area contributed by atoms with Crippen LogP contribution in [0.3, 0.4) is 0 Å². The van der Waals surface area contributed by atoms with Crippen molar-refractivity contribution in [1.82, 2.24) is 0 Å². The highest BCUT2D eigenvalue weighted by atomic mass is 32.2. The van der Waals surface area contributed by atoms with Crippen LogP contribution >= 0.6 is 23.5 Å². The van der Waals surface area contributed by atoms with Crippen molar-refractivity contribution in [1.29, 1.82) is 0 Å². The van der Waals surface area contributed by atoms with Gasteiger partial charge in [-0.1, -0.05) is 66.2 Å². The molecule has 0 bridgehead atoms. The van der Waals surface area contributed by atoms with E-state index in [-0.39, 0.29) is 0 Å². The van der Waals surface area contributed by atoms with E-state index in [0.29, 0.717) is 12.8 Å². The first-order chi connectivity index (χ1) is 12.4. The fourth-order valence-electron chi connectivity index (χ4n) is 2.27. The molecule has 0 spiro atoms. The molecule has 0 aromatic heterocycles. The molecule has 0 heterocycles. The van der Waals surface area contributed by atoms with Crippen molar-refractivity contribution in [3.63, 3.8) is 0 Å². The van der Waals surface area contributed by atoms with E-state index in [2.05, 4.69) is 13.8 Å². The summed E-state index contributed by atoms with van der Waals surface area (Å²) >= 11 is 3.31. The van der Waals surface area contributed by atoms with E-state index in [1.54, 1.807) is 23.5 Å². The minimum Gasteiger partial charge on any atom is -0.481 e. The summed E-state index contributed by atoms with van der Waals surface area (Å²) in [6.45, 7) is 8.25. The third kappa shape index (κ3) is 15.9. The first-order valence-corrected chi connectivity index (χ1v) is 12.1. The van der Waals surface area contributed by atoms with Crippen LogP contribution in [0.25, 0.3) is 0 Å². The minimum absolute atomic E-state index is 0.292. The molecular formula is C20H40O4S2. The molecule has 0 aliphatic heterocycles. The summed E-state index contributed by atoms with van der Waals surface area (Å²) in [5.74, 6) is 0.600. The average Bonchev–Trinajstić information content (AvgIpc) is 2.60. The van der Waals surface area contributed by atoms with Crippen molar-refractivity contribution in [3.8, 4) is 0 Å². The van der Waals surface area contributed by atoms with Gasteiger partial charge < -0.3 is 10.2 Å². The zero-order chi connectivity index (χ0) is 20.3. The number of hydrogen-bond donors (Lipinski definition) is 2. The maximum absolute atomic E-state index is 11.7. The van der Waals surface area contributed by atoms with Gasteiger partial charge in [0.25, 0.3) is 0 Å². The molecule has 0 saturated carbocycles. The lowest BCUT2D eigenvalue weighted by molar-refractivity contribution is -0.138. The SMILES string of the molecule is CCCC(=O)O.CCCCCCSC(CC)(SCCCCCC)C(=O)O. The molecule has 4 nitrogen and oxygen atoms in total. The van der Waals surface area contributed by atoms with Gasteiger partial charge in [0.15, 0.2) is 4.08 Å². The highest BCUT2D eigenvalue weighted by molar-refractivity contribution is 8.19. The van der Waals surface area contributed by atoms with Gasteiger partial charge in [-0.2, -0.15) is 0 Å². The van der Waals surface area contributed by atoms with Gasteiger partial charge in [-0.05, 0) is 37.2 Å². The van der Waals surface area contributed by atoms with E-state index in [9.17, 15) is 14.7 Å². The molecule has 6 heteroatoms. The number of thioether (sulfide) groups is 2. The normalized spacial score (nSPS) is 10.9. The lowest BCUT2D eigenvalue weighted by Gasteiger charge is -2.27. The maximum Gasteiger partial charge on any atom is 0.330 e. The first-order valence-electron chi connectivity index (χ1n) is 10.1. The van der Waals surface area contributed by atoms with Crippen molar-refractivity contribution in [2.24, 2.45) is 0 Å². The van der Waals surface area contributed by atoms with Crippen molar-refractivity contribution in [2.45, 2.75) is 102 Å². The van der Waals surface area contributed by atoms with E-state index in [4.69, 9.17) is 5.11 Å². The van der Waals surface area contributed by atoms with Crippen LogP contribution in [0.5, 0.6) is 0 Å². The van der Waals surface area contributed by atoms with E-state index in [1.165, 1.54) is 38.5 Å². The molecule has 156 valence electrons. The highest BCUT2D eigenvalue weighted by Gasteiger charge is 2.37. The van der Waals surface area contributed by atoms with Gasteiger partial charge >= 0.3 is 11.9 Å². The Kier molecular flexibility index (Phi) is 20.8. The van der Waals surface area contributed by atoms with Crippen molar-refractivity contribution < 1.29 is 19.8 Å². The molecule has 0 saturated heterocycles. The van der Waals surface area contributed by atoms with Gasteiger partial charge in [0.1, 0.15) is 0 Å². The Morgan fingerprint density at radius 1 is 0.731 bits per heavy atom. The standard InChI is InChI=1S/C16H32O2S2.C4H8O2/c1-4-7-9-11-13-19-16(6-3,15(17)18)20-14-12-10-8-5-2;1-2-3-4(5)6/h4-14H2,1-3H3,(H,17,18);2-3H2,1H3,(H,5,6). The minimum atomic E-state index is -0.711. The smallest absolute Gasteiger partial charge is 0.330 e. The second-order valence-electron chi connectivity index (χ2n) is 6.37. The molecule has 0 atom stereocenters. The van der Waals surface area contributed by atoms with Crippen molar-refractivity contribution in [2.75, 3.05) is 11.5 Å². The van der Waals surface area contributed by atoms with Crippen LogP contribution in [0.15, 0.2) is 0 Å². The predicted octanol–water partition coefficient (Wildman–Crippen LogP) is 6.68. The van der Waals surface area contributed by atoms with E-state index in [0.717, 1.165) is 30.8 Å². The fraction of sp³-hybridized carbons (Fsp3) is 0.900. The highest BCUT2D eigenvalue weighted by Crippen LogP contribution is 2.41. The van der Waals surface area contributed by atoms with Crippen LogP contribution in [-0.4, -0.2) is 37.7 Å². The Bertz CT molecular complexity index is 335. The van der Waals surface area contributed by atoms with Crippen molar-refractivity contribution in [3.05, 3.63) is 0 Å². The summed E-state index contributed by atoms with van der Waals surface area (Å²) in [5.41, 5.74) is 0. The zero-order valence-electron chi connectivity index (χ0n) is 17.2. The lowest BCUT2D eigenvalue weighted by Crippen LogP contribution is -2.31. The number of carbonyl (C=O) groups is 2. The van der Waals surface area contributed by atoms with Gasteiger partial charge in [0, 0.05) is 6.42 Å². The summed E-state index contributed by atoms with van der Waals surface area (Å²) < 4.78 is -0.613. The quantitative estimate of drug-likeness (QED) is 0.219. The molecule has 0 aromatic carbocycles. The molecule has 0 aliphatic carbocycles. The van der Waals surface area contributed by atoms with Gasteiger partial charge in [-0.15, -0.1) is 23.5 Å². The Morgan fingerprint density at radius 2 is 1.19 bits per heavy atom. The second kappa shape index (κ2) is 19.4. The maximum atomic E-state index is 11.7. The molecule has 26 heavy (non-hydrogen) atoms. The molecule has 0 unspecified atom stereocenters. The zero-order valence-corrected chi connectivity index (χ0v) is 18.9. The molecule has 0 fully saturated rings. The lowest BCUT2D eigenvalue weighted by atomic mass is 10.2. The molecule has 2 N–H and O–H groups in total. The van der Waals surface area contributed by atoms with E-state index in [1.807, 2.05) is 13.8 Å². The number of aliphatic carboxylic acids is 2. The predicted molar refractivity (Wildman–Crippen MR) is 116 cm³/mol. The van der Waals surface area contributed by atoms with Crippen LogP contribution < -0.4 is 0 Å². The summed E-state index contributed by atoms with van der Waals surface area (Å²) in [6, 6.07) is 0. The number of unbranched alkanes of at least 4 members (excludes halogenated alkanes) is 6. The monoisotopic (exact) mass is 408 g/mol. The number of hydrogen-bond acceptors (Lipinski definition) is 4. The Balaban J connectivity index is 0. The number of carboxylic acids is 2. The van der Waals surface area contributed by atoms with E-state index < -0.39 is 16.0 Å². The molecule has 0 amide bonds. The molecule has 0 aromatic rings. The third-order valence-corrected chi connectivity index (χ3v) is 7.47. The average molecular weight is 409 g/mol. The largest absolute Gasteiger partial charge is 0.481 e. The molecular weight excluding hydrogens is 368 g/mol. The topological polar surface area (TPSA) is 74.6 Å². The van der Waals surface area contributed by atoms with Gasteiger partial charge in [0.2, 0.25) is 0 Å². The molecule has 0 radical (unpaired) electrons. The fourth-order valence-corrected chi connectivity index (χ4v) is 5.11. The number of carboxylic acid groups (broad SMARTS) is 2. The van der Waals surface area contributed by atoms with Crippen LogP contribution in [0.1, 0.15) is 98.3 Å². The third-order valence-electron chi connectivity index (χ3n) is 3.92. The second-order valence-corrected chi connectivity index (χ2v) is 9.42. The van der Waals surface area contributed by atoms with Crippen LogP contribution in [0, 0.1) is 0 Å². The Labute approximate surface area is 169 Å². The van der Waals surface area contributed by atoms with Crippen molar-refractivity contribution >= 4 is 35.5 Å². The van der Waals surface area contributed by atoms with Gasteiger partial charge in [-0.25, -0.2) is 4.79 Å². The van der Waals surface area contributed by atoms with Gasteiger partial charge in [0.05, 0.1) is 0 Å². The van der Waals surface area contributed by atoms with E-state index >= 15 is 0 Å². The van der Waals surface area contributed by atoms with Crippen LogP contribution in [0.4, 0.5) is 0 Å². The summed E-state index contributed by atoms with van der Waals surface area (Å²) in [5, 5.41) is 17.5. The van der Waals surface area contributed by atoms with Crippen LogP contribution in [0.2, 0.25) is 0 Å².